The number of amides is 1. The Labute approximate surface area is 187 Å². The number of hydrogen-bond acceptors (Lipinski definition) is 5. The molecule has 0 radical (unpaired) electrons. The maximum atomic E-state index is 13.1. The van der Waals surface area contributed by atoms with E-state index in [4.69, 9.17) is 21.1 Å². The van der Waals surface area contributed by atoms with Gasteiger partial charge in [0.2, 0.25) is 0 Å². The predicted molar refractivity (Wildman–Crippen MR) is 116 cm³/mol. The molecule has 1 aliphatic heterocycles. The number of esters is 1. The molecular weight excluding hydrogens is 418 g/mol. The second-order valence-corrected chi connectivity index (χ2v) is 8.74. The van der Waals surface area contributed by atoms with Crippen LogP contribution in [0.3, 0.4) is 0 Å². The van der Waals surface area contributed by atoms with E-state index in [2.05, 4.69) is 5.10 Å². The van der Waals surface area contributed by atoms with E-state index in [1.165, 1.54) is 12.8 Å². The van der Waals surface area contributed by atoms with Crippen molar-refractivity contribution >= 4 is 23.5 Å². The zero-order valence-electron chi connectivity index (χ0n) is 18.2. The topological polar surface area (TPSA) is 73.7 Å². The summed E-state index contributed by atoms with van der Waals surface area (Å²) in [6, 6.07) is 5.33. The van der Waals surface area contributed by atoms with E-state index < -0.39 is 12.1 Å². The predicted octanol–water partition coefficient (Wildman–Crippen LogP) is 3.78. The van der Waals surface area contributed by atoms with Crippen molar-refractivity contribution in [2.45, 2.75) is 59.2 Å². The lowest BCUT2D eigenvalue weighted by molar-refractivity contribution is -0.139. The molecule has 1 saturated carbocycles. The van der Waals surface area contributed by atoms with Crippen molar-refractivity contribution in [1.29, 1.82) is 0 Å². The summed E-state index contributed by atoms with van der Waals surface area (Å²) in [5, 5.41) is 5.20. The summed E-state index contributed by atoms with van der Waals surface area (Å²) < 4.78 is 13.1. The second kappa shape index (κ2) is 8.91. The van der Waals surface area contributed by atoms with Crippen molar-refractivity contribution in [3.63, 3.8) is 0 Å². The minimum atomic E-state index is -0.658. The van der Waals surface area contributed by atoms with Gasteiger partial charge in [0.25, 0.3) is 5.91 Å². The number of fused-ring (bicyclic) bond motifs is 1. The summed E-state index contributed by atoms with van der Waals surface area (Å²) in [6.45, 7) is 7.43. The first-order valence-electron chi connectivity index (χ1n) is 10.8. The Bertz CT molecular complexity index is 999. The summed E-state index contributed by atoms with van der Waals surface area (Å²) in [5.74, 6) is 0.718. The van der Waals surface area contributed by atoms with Crippen LogP contribution in [0.1, 0.15) is 54.0 Å². The van der Waals surface area contributed by atoms with Crippen LogP contribution >= 0.6 is 11.6 Å². The zero-order valence-corrected chi connectivity index (χ0v) is 18.9. The smallest absolute Gasteiger partial charge is 0.359 e. The molecule has 1 aliphatic carbocycles. The third-order valence-electron chi connectivity index (χ3n) is 5.83. The maximum Gasteiger partial charge on any atom is 0.359 e. The van der Waals surface area contributed by atoms with Crippen molar-refractivity contribution in [2.24, 2.45) is 5.92 Å². The number of nitrogens with zero attached hydrogens (tertiary/aromatic N) is 3. The molecule has 2 aromatic rings. The van der Waals surface area contributed by atoms with Crippen molar-refractivity contribution in [2.75, 3.05) is 13.2 Å². The molecule has 166 valence electrons. The summed E-state index contributed by atoms with van der Waals surface area (Å²) in [7, 11) is 0. The standard InChI is InChI=1S/C23H28ClN3O4/c1-4-30-23(29)21-18-13-26(10-9-19(18)27(25-21)12-16-5-6-16)22(28)15(3)31-20-8-7-17(24)11-14(20)2/h7-8,11,15-16H,4-6,9-10,12-13H2,1-3H3/t15-/m0/s1. The van der Waals surface area contributed by atoms with E-state index in [1.54, 1.807) is 36.9 Å². The Morgan fingerprint density at radius 2 is 2.10 bits per heavy atom. The van der Waals surface area contributed by atoms with Crippen LogP contribution in [0.5, 0.6) is 5.75 Å². The van der Waals surface area contributed by atoms with Gasteiger partial charge in [-0.05, 0) is 63.3 Å². The van der Waals surface area contributed by atoms with Gasteiger partial charge in [-0.15, -0.1) is 0 Å². The van der Waals surface area contributed by atoms with E-state index in [9.17, 15) is 9.59 Å². The Morgan fingerprint density at radius 3 is 2.77 bits per heavy atom. The van der Waals surface area contributed by atoms with Gasteiger partial charge in [0.1, 0.15) is 5.75 Å². The van der Waals surface area contributed by atoms with Gasteiger partial charge in [-0.2, -0.15) is 5.10 Å². The SMILES string of the molecule is CCOC(=O)c1nn(CC2CC2)c2c1CN(C(=O)[C@H](C)Oc1ccc(Cl)cc1C)CC2. The van der Waals surface area contributed by atoms with E-state index in [-0.39, 0.29) is 12.5 Å². The van der Waals surface area contributed by atoms with Gasteiger partial charge in [-0.1, -0.05) is 11.6 Å². The third-order valence-corrected chi connectivity index (χ3v) is 6.07. The highest BCUT2D eigenvalue weighted by atomic mass is 35.5. The largest absolute Gasteiger partial charge is 0.481 e. The average molecular weight is 446 g/mol. The molecular formula is C23H28ClN3O4. The maximum absolute atomic E-state index is 13.1. The monoisotopic (exact) mass is 445 g/mol. The molecule has 7 nitrogen and oxygen atoms in total. The minimum absolute atomic E-state index is 0.121. The molecule has 1 aromatic carbocycles. The third kappa shape index (κ3) is 4.71. The zero-order chi connectivity index (χ0) is 22.1. The van der Waals surface area contributed by atoms with Crippen LogP contribution in [0.15, 0.2) is 18.2 Å². The van der Waals surface area contributed by atoms with E-state index in [1.807, 2.05) is 11.6 Å². The Morgan fingerprint density at radius 1 is 1.32 bits per heavy atom. The molecule has 0 unspecified atom stereocenters. The first-order valence-corrected chi connectivity index (χ1v) is 11.2. The van der Waals surface area contributed by atoms with E-state index in [0.717, 1.165) is 23.4 Å². The van der Waals surface area contributed by atoms with Gasteiger partial charge in [0.05, 0.1) is 13.2 Å². The molecule has 8 heteroatoms. The highest BCUT2D eigenvalue weighted by Gasteiger charge is 2.34. The molecule has 4 rings (SSSR count). The number of ether oxygens (including phenoxy) is 2. The van der Waals surface area contributed by atoms with Gasteiger partial charge >= 0.3 is 5.97 Å². The number of aromatic nitrogens is 2. The van der Waals surface area contributed by atoms with E-state index >= 15 is 0 Å². The molecule has 0 saturated heterocycles. The van der Waals surface area contributed by atoms with Gasteiger partial charge in [0, 0.05) is 35.8 Å². The van der Waals surface area contributed by atoms with Gasteiger partial charge in [0.15, 0.2) is 11.8 Å². The van der Waals surface area contributed by atoms with Crippen molar-refractivity contribution < 1.29 is 19.1 Å². The lowest BCUT2D eigenvalue weighted by Gasteiger charge is -2.30. The quantitative estimate of drug-likeness (QED) is 0.606. The van der Waals surface area contributed by atoms with Crippen LogP contribution in [0.2, 0.25) is 5.02 Å². The fourth-order valence-corrected chi connectivity index (χ4v) is 4.21. The molecule has 1 aromatic heterocycles. The first-order chi connectivity index (χ1) is 14.9. The molecule has 0 bridgehead atoms. The fraction of sp³-hybridized carbons (Fsp3) is 0.522. The summed E-state index contributed by atoms with van der Waals surface area (Å²) in [4.78, 5) is 27.4. The van der Waals surface area contributed by atoms with Gasteiger partial charge in [-0.25, -0.2) is 4.79 Å². The van der Waals surface area contributed by atoms with E-state index in [0.29, 0.717) is 41.9 Å². The molecule has 31 heavy (non-hydrogen) atoms. The van der Waals surface area contributed by atoms with Crippen LogP contribution in [-0.4, -0.2) is 45.8 Å². The summed E-state index contributed by atoms with van der Waals surface area (Å²) in [6.07, 6.45) is 2.40. The van der Waals surface area contributed by atoms with Crippen molar-refractivity contribution in [3.8, 4) is 5.75 Å². The minimum Gasteiger partial charge on any atom is -0.481 e. The average Bonchev–Trinajstić information content (AvgIpc) is 3.49. The van der Waals surface area contributed by atoms with Crippen LogP contribution in [0.4, 0.5) is 0 Å². The molecule has 1 fully saturated rings. The Balaban J connectivity index is 1.52. The first kappa shape index (κ1) is 21.7. The Kier molecular flexibility index (Phi) is 6.23. The van der Waals surface area contributed by atoms with Crippen LogP contribution in [0, 0.1) is 12.8 Å². The molecule has 0 spiro atoms. The molecule has 1 atom stereocenters. The number of carbonyl (C=O) groups excluding carboxylic acids is 2. The number of aryl methyl sites for hydroxylation is 1. The number of halogens is 1. The van der Waals surface area contributed by atoms with Crippen LogP contribution < -0.4 is 4.74 Å². The summed E-state index contributed by atoms with van der Waals surface area (Å²) >= 11 is 6.01. The molecule has 1 amide bonds. The summed E-state index contributed by atoms with van der Waals surface area (Å²) in [5.41, 5.74) is 3.05. The lowest BCUT2D eigenvalue weighted by atomic mass is 10.0. The number of hydrogen-bond donors (Lipinski definition) is 0. The lowest BCUT2D eigenvalue weighted by Crippen LogP contribution is -2.43. The second-order valence-electron chi connectivity index (χ2n) is 8.30. The number of benzene rings is 1. The highest BCUT2D eigenvalue weighted by Crippen LogP contribution is 2.33. The normalized spacial score (nSPS) is 16.6. The molecule has 2 heterocycles. The van der Waals surface area contributed by atoms with Gasteiger partial charge in [-0.3, -0.25) is 9.48 Å². The number of carbonyl (C=O) groups is 2. The van der Waals surface area contributed by atoms with Crippen LogP contribution in [0.25, 0.3) is 0 Å². The fourth-order valence-electron chi connectivity index (χ4n) is 3.98. The number of rotatable bonds is 7. The van der Waals surface area contributed by atoms with Crippen LogP contribution in [-0.2, 0) is 29.0 Å². The van der Waals surface area contributed by atoms with Crippen molar-refractivity contribution in [3.05, 3.63) is 45.7 Å². The Hall–Kier alpha value is -2.54. The molecule has 0 N–H and O–H groups in total. The van der Waals surface area contributed by atoms with Gasteiger partial charge < -0.3 is 14.4 Å². The highest BCUT2D eigenvalue weighted by molar-refractivity contribution is 6.30. The molecule has 2 aliphatic rings. The van der Waals surface area contributed by atoms with Crippen molar-refractivity contribution in [1.82, 2.24) is 14.7 Å².